The molecule has 48 heavy (non-hydrogen) atoms. The van der Waals surface area contributed by atoms with Crippen molar-refractivity contribution >= 4 is 49.8 Å². The zero-order valence-electron chi connectivity index (χ0n) is 26.3. The van der Waals surface area contributed by atoms with Gasteiger partial charge in [0.25, 0.3) is 0 Å². The van der Waals surface area contributed by atoms with Crippen LogP contribution in [0, 0.1) is 0 Å². The lowest BCUT2D eigenvalue weighted by molar-refractivity contribution is 0.669. The van der Waals surface area contributed by atoms with Gasteiger partial charge < -0.3 is 9.32 Å². The van der Waals surface area contributed by atoms with Crippen LogP contribution in [0.1, 0.15) is 0 Å². The molecule has 0 aliphatic heterocycles. The van der Waals surface area contributed by atoms with Crippen molar-refractivity contribution in [2.45, 2.75) is 0 Å². The van der Waals surface area contributed by atoms with E-state index in [9.17, 15) is 0 Å². The zero-order valence-corrected chi connectivity index (χ0v) is 26.3. The summed E-state index contributed by atoms with van der Waals surface area (Å²) in [5.41, 5.74) is 12.0. The molecule has 0 fully saturated rings. The first-order valence-electron chi connectivity index (χ1n) is 16.4. The number of rotatable bonds is 6. The molecule has 2 nitrogen and oxygen atoms in total. The van der Waals surface area contributed by atoms with Crippen LogP contribution in [0.15, 0.2) is 192 Å². The average molecular weight is 614 g/mol. The van der Waals surface area contributed by atoms with Crippen LogP contribution < -0.4 is 4.90 Å². The molecule has 8 aromatic carbocycles. The van der Waals surface area contributed by atoms with Crippen LogP contribution >= 0.6 is 0 Å². The van der Waals surface area contributed by atoms with Gasteiger partial charge in [-0.25, -0.2) is 0 Å². The van der Waals surface area contributed by atoms with Gasteiger partial charge in [0.05, 0.1) is 11.4 Å². The van der Waals surface area contributed by atoms with Crippen molar-refractivity contribution in [3.63, 3.8) is 0 Å². The average Bonchev–Trinajstić information content (AvgIpc) is 3.54. The van der Waals surface area contributed by atoms with Crippen molar-refractivity contribution in [1.29, 1.82) is 0 Å². The number of para-hydroxylation sites is 1. The molecule has 0 atom stereocenters. The normalized spacial score (nSPS) is 11.3. The van der Waals surface area contributed by atoms with Crippen molar-refractivity contribution in [3.05, 3.63) is 188 Å². The maximum atomic E-state index is 6.47. The lowest BCUT2D eigenvalue weighted by atomic mass is 9.93. The molecule has 0 saturated heterocycles. The second-order valence-corrected chi connectivity index (χ2v) is 12.1. The summed E-state index contributed by atoms with van der Waals surface area (Å²) in [4.78, 5) is 2.42. The summed E-state index contributed by atoms with van der Waals surface area (Å²) in [6, 6.07) is 67.0. The lowest BCUT2D eigenvalue weighted by Gasteiger charge is -2.31. The molecular weight excluding hydrogens is 583 g/mol. The fourth-order valence-corrected chi connectivity index (χ4v) is 7.01. The number of hydrogen-bond donors (Lipinski definition) is 0. The Hall–Kier alpha value is -6.38. The predicted molar refractivity (Wildman–Crippen MR) is 202 cm³/mol. The lowest BCUT2D eigenvalue weighted by Crippen LogP contribution is -2.13. The van der Waals surface area contributed by atoms with Crippen molar-refractivity contribution in [3.8, 4) is 33.4 Å². The van der Waals surface area contributed by atoms with E-state index >= 15 is 0 Å². The highest BCUT2D eigenvalue weighted by molar-refractivity contribution is 6.09. The van der Waals surface area contributed by atoms with E-state index in [0.717, 1.165) is 50.1 Å². The summed E-state index contributed by atoms with van der Waals surface area (Å²) in [6.07, 6.45) is 0. The second kappa shape index (κ2) is 11.8. The van der Waals surface area contributed by atoms with Crippen LogP contribution in [-0.2, 0) is 0 Å². The van der Waals surface area contributed by atoms with Crippen molar-refractivity contribution in [1.82, 2.24) is 0 Å². The van der Waals surface area contributed by atoms with E-state index in [0.29, 0.717) is 0 Å². The quantitative estimate of drug-likeness (QED) is 0.185. The van der Waals surface area contributed by atoms with E-state index in [2.05, 4.69) is 181 Å². The molecule has 0 amide bonds. The van der Waals surface area contributed by atoms with Crippen LogP contribution in [0.3, 0.4) is 0 Å². The van der Waals surface area contributed by atoms with Gasteiger partial charge in [0.2, 0.25) is 0 Å². The molecule has 0 spiro atoms. The minimum absolute atomic E-state index is 0.864. The number of furan rings is 1. The molecule has 9 rings (SSSR count). The number of nitrogens with zero attached hydrogens (tertiary/aromatic N) is 1. The Labute approximate surface area is 279 Å². The SMILES string of the molecule is c1ccc(-c2ccc(N(c3ccc4c(c3)oc3ccccc34)c3ccc4ccccc4c3-c3ccccc3)c(-c3ccccc3)c2)cc1. The Morgan fingerprint density at radius 3 is 1.73 bits per heavy atom. The van der Waals surface area contributed by atoms with Gasteiger partial charge in [-0.15, -0.1) is 0 Å². The fourth-order valence-electron chi connectivity index (χ4n) is 7.01. The molecule has 1 aromatic heterocycles. The van der Waals surface area contributed by atoms with Crippen molar-refractivity contribution in [2.75, 3.05) is 4.90 Å². The first-order chi connectivity index (χ1) is 23.8. The third kappa shape index (κ3) is 4.83. The molecule has 0 radical (unpaired) electrons. The highest BCUT2D eigenvalue weighted by Gasteiger charge is 2.23. The Bertz CT molecular complexity index is 2550. The van der Waals surface area contributed by atoms with E-state index in [1.807, 2.05) is 12.1 Å². The summed E-state index contributed by atoms with van der Waals surface area (Å²) in [5, 5.41) is 4.64. The summed E-state index contributed by atoms with van der Waals surface area (Å²) in [6.45, 7) is 0. The molecule has 0 N–H and O–H groups in total. The van der Waals surface area contributed by atoms with Crippen LogP contribution in [0.25, 0.3) is 66.1 Å². The Morgan fingerprint density at radius 2 is 0.958 bits per heavy atom. The van der Waals surface area contributed by atoms with E-state index < -0.39 is 0 Å². The number of fused-ring (bicyclic) bond motifs is 4. The zero-order chi connectivity index (χ0) is 31.9. The third-order valence-corrected chi connectivity index (χ3v) is 9.26. The summed E-state index contributed by atoms with van der Waals surface area (Å²) in [5.74, 6) is 0. The van der Waals surface area contributed by atoms with E-state index in [1.54, 1.807) is 0 Å². The van der Waals surface area contributed by atoms with E-state index in [1.165, 1.54) is 33.0 Å². The van der Waals surface area contributed by atoms with Crippen molar-refractivity contribution < 1.29 is 4.42 Å². The van der Waals surface area contributed by atoms with Crippen molar-refractivity contribution in [2.24, 2.45) is 0 Å². The molecule has 1 heterocycles. The monoisotopic (exact) mass is 613 g/mol. The van der Waals surface area contributed by atoms with Crippen LogP contribution in [0.5, 0.6) is 0 Å². The molecule has 0 bridgehead atoms. The van der Waals surface area contributed by atoms with Gasteiger partial charge in [0.15, 0.2) is 0 Å². The number of hydrogen-bond acceptors (Lipinski definition) is 2. The minimum Gasteiger partial charge on any atom is -0.456 e. The van der Waals surface area contributed by atoms with Gasteiger partial charge >= 0.3 is 0 Å². The number of benzene rings is 8. The van der Waals surface area contributed by atoms with Gasteiger partial charge in [0, 0.05) is 33.7 Å². The molecule has 0 aliphatic carbocycles. The Morgan fingerprint density at radius 1 is 0.354 bits per heavy atom. The van der Waals surface area contributed by atoms with Crippen LogP contribution in [0.2, 0.25) is 0 Å². The largest absolute Gasteiger partial charge is 0.456 e. The molecule has 226 valence electrons. The van der Waals surface area contributed by atoms with Crippen LogP contribution in [0.4, 0.5) is 17.1 Å². The first-order valence-corrected chi connectivity index (χ1v) is 16.4. The summed E-state index contributed by atoms with van der Waals surface area (Å²) >= 11 is 0. The molecule has 2 heteroatoms. The van der Waals surface area contributed by atoms with E-state index in [4.69, 9.17) is 4.42 Å². The fraction of sp³-hybridized carbons (Fsp3) is 0. The van der Waals surface area contributed by atoms with Crippen LogP contribution in [-0.4, -0.2) is 0 Å². The highest BCUT2D eigenvalue weighted by Crippen LogP contribution is 2.48. The number of anilines is 3. The molecule has 0 unspecified atom stereocenters. The van der Waals surface area contributed by atoms with Gasteiger partial charge in [-0.3, -0.25) is 0 Å². The summed E-state index contributed by atoms with van der Waals surface area (Å²) in [7, 11) is 0. The van der Waals surface area contributed by atoms with Gasteiger partial charge in [0.1, 0.15) is 11.2 Å². The third-order valence-electron chi connectivity index (χ3n) is 9.26. The smallest absolute Gasteiger partial charge is 0.137 e. The van der Waals surface area contributed by atoms with Gasteiger partial charge in [-0.1, -0.05) is 146 Å². The molecule has 0 saturated carbocycles. The molecule has 9 aromatic rings. The van der Waals surface area contributed by atoms with Gasteiger partial charge in [-0.2, -0.15) is 0 Å². The van der Waals surface area contributed by atoms with E-state index in [-0.39, 0.29) is 0 Å². The summed E-state index contributed by atoms with van der Waals surface area (Å²) < 4.78 is 6.47. The topological polar surface area (TPSA) is 16.4 Å². The predicted octanol–water partition coefficient (Wildman–Crippen LogP) is 13.2. The first kappa shape index (κ1) is 27.9. The minimum atomic E-state index is 0.864. The Kier molecular flexibility index (Phi) is 6.84. The maximum absolute atomic E-state index is 6.47. The van der Waals surface area contributed by atoms with Gasteiger partial charge in [-0.05, 0) is 69.4 Å². The maximum Gasteiger partial charge on any atom is 0.137 e. The Balaban J connectivity index is 1.37. The molecular formula is C46H31NO. The highest BCUT2D eigenvalue weighted by atomic mass is 16.3. The standard InChI is InChI=1S/C46H31NO/c1-4-14-32(15-5-1)36-25-28-42(41(30-36)33-16-6-2-7-17-33)47(37-26-27-40-39-22-12-13-23-44(39)48-45(40)31-37)43-29-24-34-18-10-11-21-38(34)46(43)35-19-8-3-9-20-35/h1-31H. The molecule has 0 aliphatic rings. The second-order valence-electron chi connectivity index (χ2n) is 12.1.